The summed E-state index contributed by atoms with van der Waals surface area (Å²) in [6.07, 6.45) is 2.87. The maximum absolute atomic E-state index is 11.6. The monoisotopic (exact) mass is 256 g/mol. The number of amides is 1. The third-order valence-corrected chi connectivity index (χ3v) is 2.87. The average Bonchev–Trinajstić information content (AvgIpc) is 2.42. The molecule has 98 valence electrons. The van der Waals surface area contributed by atoms with Crippen molar-refractivity contribution in [3.8, 4) is 0 Å². The maximum Gasteiger partial charge on any atom is 0.411 e. The number of nitrogens with one attached hydrogen (secondary N) is 1. The largest absolute Gasteiger partial charge is 0.444 e. The van der Waals surface area contributed by atoms with Crippen LogP contribution in [0, 0.1) is 13.8 Å². The van der Waals surface area contributed by atoms with Crippen molar-refractivity contribution in [2.24, 2.45) is 0 Å². The number of anilines is 1. The number of carbonyl (C=O) groups excluding carboxylic acids is 1. The molecule has 1 aromatic heterocycles. The molecule has 0 atom stereocenters. The Morgan fingerprint density at radius 3 is 2.58 bits per heavy atom. The Bertz CT molecular complexity index is 568. The third kappa shape index (κ3) is 3.81. The molecule has 0 spiro atoms. The number of hydrogen-bond donors (Lipinski definition) is 1. The van der Waals surface area contributed by atoms with E-state index in [0.717, 1.165) is 16.8 Å². The lowest BCUT2D eigenvalue weighted by molar-refractivity contribution is 0.155. The van der Waals surface area contributed by atoms with Crippen molar-refractivity contribution in [2.75, 3.05) is 5.32 Å². The van der Waals surface area contributed by atoms with Crippen LogP contribution in [0.15, 0.2) is 42.7 Å². The fourth-order valence-electron chi connectivity index (χ4n) is 1.60. The zero-order valence-electron chi connectivity index (χ0n) is 11.0. The predicted octanol–water partition coefficient (Wildman–Crippen LogP) is 3.45. The van der Waals surface area contributed by atoms with E-state index in [1.54, 1.807) is 12.4 Å². The van der Waals surface area contributed by atoms with Gasteiger partial charge in [0.2, 0.25) is 0 Å². The van der Waals surface area contributed by atoms with Crippen LogP contribution in [0.2, 0.25) is 0 Å². The van der Waals surface area contributed by atoms with Crippen LogP contribution in [-0.4, -0.2) is 11.1 Å². The van der Waals surface area contributed by atoms with E-state index >= 15 is 0 Å². The van der Waals surface area contributed by atoms with Gasteiger partial charge in [-0.25, -0.2) is 4.79 Å². The zero-order valence-corrected chi connectivity index (χ0v) is 11.0. The van der Waals surface area contributed by atoms with E-state index in [4.69, 9.17) is 4.74 Å². The van der Waals surface area contributed by atoms with Crippen molar-refractivity contribution in [2.45, 2.75) is 20.5 Å². The minimum Gasteiger partial charge on any atom is -0.444 e. The molecule has 0 fully saturated rings. The van der Waals surface area contributed by atoms with Crippen molar-refractivity contribution in [1.29, 1.82) is 0 Å². The first-order chi connectivity index (χ1) is 9.15. The Labute approximate surface area is 112 Å². The summed E-state index contributed by atoms with van der Waals surface area (Å²) in [5, 5.41) is 2.70. The quantitative estimate of drug-likeness (QED) is 0.915. The SMILES string of the molecule is Cc1ccc(NC(=O)OCc2ccncc2)cc1C. The smallest absolute Gasteiger partial charge is 0.411 e. The molecule has 0 aliphatic carbocycles. The van der Waals surface area contributed by atoms with Gasteiger partial charge in [-0.1, -0.05) is 6.07 Å². The van der Waals surface area contributed by atoms with Crippen LogP contribution in [0.4, 0.5) is 10.5 Å². The highest BCUT2D eigenvalue weighted by Gasteiger charge is 2.04. The summed E-state index contributed by atoms with van der Waals surface area (Å²) in [6.45, 7) is 4.27. The van der Waals surface area contributed by atoms with Crippen molar-refractivity contribution >= 4 is 11.8 Å². The molecule has 0 unspecified atom stereocenters. The number of benzene rings is 1. The molecule has 0 radical (unpaired) electrons. The molecule has 0 saturated carbocycles. The molecule has 0 aliphatic rings. The van der Waals surface area contributed by atoms with Gasteiger partial charge in [-0.05, 0) is 54.8 Å². The lowest BCUT2D eigenvalue weighted by Crippen LogP contribution is -2.13. The van der Waals surface area contributed by atoms with Gasteiger partial charge in [0.1, 0.15) is 6.61 Å². The summed E-state index contributed by atoms with van der Waals surface area (Å²) in [7, 11) is 0. The van der Waals surface area contributed by atoms with Crippen LogP contribution in [0.1, 0.15) is 16.7 Å². The van der Waals surface area contributed by atoms with Crippen LogP contribution in [0.3, 0.4) is 0 Å². The van der Waals surface area contributed by atoms with E-state index in [2.05, 4.69) is 10.3 Å². The normalized spacial score (nSPS) is 10.0. The molecule has 1 amide bonds. The van der Waals surface area contributed by atoms with Gasteiger partial charge in [0.05, 0.1) is 0 Å². The molecule has 0 bridgehead atoms. The topological polar surface area (TPSA) is 51.2 Å². The van der Waals surface area contributed by atoms with E-state index in [0.29, 0.717) is 0 Å². The highest BCUT2D eigenvalue weighted by molar-refractivity contribution is 5.84. The van der Waals surface area contributed by atoms with Crippen molar-refractivity contribution < 1.29 is 9.53 Å². The fraction of sp³-hybridized carbons (Fsp3) is 0.200. The Balaban J connectivity index is 1.89. The number of ether oxygens (including phenoxy) is 1. The van der Waals surface area contributed by atoms with Crippen molar-refractivity contribution in [1.82, 2.24) is 4.98 Å². The van der Waals surface area contributed by atoms with E-state index in [9.17, 15) is 4.79 Å². The highest BCUT2D eigenvalue weighted by Crippen LogP contribution is 2.14. The Kier molecular flexibility index (Phi) is 4.13. The van der Waals surface area contributed by atoms with Crippen LogP contribution < -0.4 is 5.32 Å². The van der Waals surface area contributed by atoms with Crippen molar-refractivity contribution in [3.05, 3.63) is 59.4 Å². The van der Waals surface area contributed by atoms with E-state index in [1.165, 1.54) is 5.56 Å². The molecular formula is C15H16N2O2. The predicted molar refractivity (Wildman–Crippen MR) is 74.0 cm³/mol. The Hall–Kier alpha value is -2.36. The molecule has 19 heavy (non-hydrogen) atoms. The number of carbonyl (C=O) groups is 1. The minimum absolute atomic E-state index is 0.235. The van der Waals surface area contributed by atoms with Gasteiger partial charge in [0, 0.05) is 18.1 Å². The molecule has 4 heteroatoms. The number of rotatable bonds is 3. The van der Waals surface area contributed by atoms with Crippen LogP contribution in [0.5, 0.6) is 0 Å². The molecule has 2 rings (SSSR count). The van der Waals surface area contributed by atoms with Gasteiger partial charge >= 0.3 is 6.09 Å². The third-order valence-electron chi connectivity index (χ3n) is 2.87. The summed E-state index contributed by atoms with van der Waals surface area (Å²) in [4.78, 5) is 15.5. The first kappa shape index (κ1) is 13.1. The van der Waals surface area contributed by atoms with E-state index in [1.807, 2.05) is 44.2 Å². The fourth-order valence-corrected chi connectivity index (χ4v) is 1.60. The number of hydrogen-bond acceptors (Lipinski definition) is 3. The number of nitrogens with zero attached hydrogens (tertiary/aromatic N) is 1. The maximum atomic E-state index is 11.6. The summed E-state index contributed by atoms with van der Waals surface area (Å²) < 4.78 is 5.12. The van der Waals surface area contributed by atoms with Gasteiger partial charge in [-0.3, -0.25) is 10.3 Å². The summed E-state index contributed by atoms with van der Waals surface area (Å²) >= 11 is 0. The molecule has 2 aromatic rings. The Morgan fingerprint density at radius 2 is 1.89 bits per heavy atom. The summed E-state index contributed by atoms with van der Waals surface area (Å²) in [5.74, 6) is 0. The lowest BCUT2D eigenvalue weighted by Gasteiger charge is -2.08. The van der Waals surface area contributed by atoms with Crippen LogP contribution in [0.25, 0.3) is 0 Å². The van der Waals surface area contributed by atoms with Crippen LogP contribution >= 0.6 is 0 Å². The second-order valence-corrected chi connectivity index (χ2v) is 4.36. The van der Waals surface area contributed by atoms with Crippen LogP contribution in [-0.2, 0) is 11.3 Å². The lowest BCUT2D eigenvalue weighted by atomic mass is 10.1. The minimum atomic E-state index is -0.458. The van der Waals surface area contributed by atoms with Crippen molar-refractivity contribution in [3.63, 3.8) is 0 Å². The van der Waals surface area contributed by atoms with E-state index in [-0.39, 0.29) is 6.61 Å². The highest BCUT2D eigenvalue weighted by atomic mass is 16.5. The second-order valence-electron chi connectivity index (χ2n) is 4.36. The Morgan fingerprint density at radius 1 is 1.16 bits per heavy atom. The molecule has 0 aliphatic heterocycles. The molecular weight excluding hydrogens is 240 g/mol. The molecule has 1 N–H and O–H groups in total. The van der Waals surface area contributed by atoms with E-state index < -0.39 is 6.09 Å². The van der Waals surface area contributed by atoms with Gasteiger partial charge in [-0.15, -0.1) is 0 Å². The first-order valence-corrected chi connectivity index (χ1v) is 6.05. The molecule has 1 aromatic carbocycles. The molecule has 4 nitrogen and oxygen atoms in total. The number of aryl methyl sites for hydroxylation is 2. The van der Waals surface area contributed by atoms with Gasteiger partial charge in [0.15, 0.2) is 0 Å². The first-order valence-electron chi connectivity index (χ1n) is 6.05. The van der Waals surface area contributed by atoms with Gasteiger partial charge < -0.3 is 4.74 Å². The standard InChI is InChI=1S/C15H16N2O2/c1-11-3-4-14(9-12(11)2)17-15(18)19-10-13-5-7-16-8-6-13/h3-9H,10H2,1-2H3,(H,17,18). The van der Waals surface area contributed by atoms with Gasteiger partial charge in [0.25, 0.3) is 0 Å². The number of pyridine rings is 1. The molecule has 0 saturated heterocycles. The van der Waals surface area contributed by atoms with Gasteiger partial charge in [-0.2, -0.15) is 0 Å². The molecule has 1 heterocycles. The summed E-state index contributed by atoms with van der Waals surface area (Å²) in [6, 6.07) is 9.36. The second kappa shape index (κ2) is 6.00. The average molecular weight is 256 g/mol. The zero-order chi connectivity index (χ0) is 13.7. The number of aromatic nitrogens is 1. The summed E-state index contributed by atoms with van der Waals surface area (Å²) in [5.41, 5.74) is 3.97.